The molecule has 0 aromatic carbocycles. The molecule has 0 amide bonds. The lowest BCUT2D eigenvalue weighted by molar-refractivity contribution is 0.0984. The van der Waals surface area contributed by atoms with Crippen molar-refractivity contribution in [3.63, 3.8) is 0 Å². The summed E-state index contributed by atoms with van der Waals surface area (Å²) in [6.07, 6.45) is 1.36. The van der Waals surface area contributed by atoms with Crippen LogP contribution in [0.5, 0.6) is 0 Å². The summed E-state index contributed by atoms with van der Waals surface area (Å²) in [5.41, 5.74) is 0.361. The lowest BCUT2D eigenvalue weighted by Crippen LogP contribution is -2.47. The molecule has 0 aromatic rings. The second-order valence-corrected chi connectivity index (χ2v) is 4.92. The molecule has 0 aliphatic carbocycles. The van der Waals surface area contributed by atoms with E-state index in [1.165, 1.54) is 19.5 Å². The normalized spacial score (nSPS) is 25.8. The van der Waals surface area contributed by atoms with E-state index in [9.17, 15) is 0 Å². The minimum atomic E-state index is 0.361. The maximum atomic E-state index is 2.47. The molecule has 0 aromatic heterocycles. The van der Waals surface area contributed by atoms with Gasteiger partial charge in [-0.25, -0.2) is 0 Å². The Balaban J connectivity index is 2.58. The van der Waals surface area contributed by atoms with Gasteiger partial charge in [-0.2, -0.15) is 0 Å². The fourth-order valence-corrected chi connectivity index (χ4v) is 2.23. The van der Waals surface area contributed by atoms with E-state index in [4.69, 9.17) is 0 Å². The Kier molecular flexibility index (Phi) is 3.36. The summed E-state index contributed by atoms with van der Waals surface area (Å²) in [4.78, 5) is 4.91. The van der Waals surface area contributed by atoms with Gasteiger partial charge in [0.15, 0.2) is 0 Å². The quantitative estimate of drug-likeness (QED) is 0.658. The summed E-state index contributed by atoms with van der Waals surface area (Å²) < 4.78 is 0. The first-order valence-corrected chi connectivity index (χ1v) is 5.38. The van der Waals surface area contributed by atoms with E-state index in [0.29, 0.717) is 5.54 Å². The highest BCUT2D eigenvalue weighted by atomic mass is 15.2. The summed E-state index contributed by atoms with van der Waals surface area (Å²) in [6, 6.07) is 0. The van der Waals surface area contributed by atoms with Crippen molar-refractivity contribution in [1.29, 1.82) is 0 Å². The molecule has 1 fully saturated rings. The SMILES string of the molecule is CCN(C)C(C)(C)C1CCN(C)C1. The second kappa shape index (κ2) is 3.97. The summed E-state index contributed by atoms with van der Waals surface area (Å²) >= 11 is 0. The Morgan fingerprint density at radius 1 is 1.46 bits per heavy atom. The fraction of sp³-hybridized carbons (Fsp3) is 1.00. The van der Waals surface area contributed by atoms with Crippen molar-refractivity contribution >= 4 is 0 Å². The molecule has 1 atom stereocenters. The van der Waals surface area contributed by atoms with E-state index in [-0.39, 0.29) is 0 Å². The van der Waals surface area contributed by atoms with Crippen LogP contribution in [0.3, 0.4) is 0 Å². The zero-order chi connectivity index (χ0) is 10.1. The molecular formula is C11H24N2. The van der Waals surface area contributed by atoms with Gasteiger partial charge in [0.2, 0.25) is 0 Å². The highest BCUT2D eigenvalue weighted by molar-refractivity contribution is 4.91. The number of rotatable bonds is 3. The van der Waals surface area contributed by atoms with Crippen LogP contribution in [0.2, 0.25) is 0 Å². The first kappa shape index (κ1) is 11.0. The molecule has 1 aliphatic heterocycles. The van der Waals surface area contributed by atoms with E-state index >= 15 is 0 Å². The molecule has 2 nitrogen and oxygen atoms in total. The monoisotopic (exact) mass is 184 g/mol. The summed E-state index contributed by atoms with van der Waals surface area (Å²) in [5.74, 6) is 0.836. The van der Waals surface area contributed by atoms with Crippen LogP contribution < -0.4 is 0 Å². The molecule has 78 valence electrons. The van der Waals surface area contributed by atoms with Crippen LogP contribution >= 0.6 is 0 Å². The van der Waals surface area contributed by atoms with E-state index in [1.807, 2.05) is 0 Å². The molecule has 0 radical (unpaired) electrons. The standard InChI is InChI=1S/C11H24N2/c1-6-13(5)11(2,3)10-7-8-12(4)9-10/h10H,6-9H2,1-5H3. The minimum Gasteiger partial charge on any atom is -0.306 e. The van der Waals surface area contributed by atoms with Crippen molar-refractivity contribution in [2.45, 2.75) is 32.7 Å². The third-order valence-corrected chi connectivity index (χ3v) is 3.85. The lowest BCUT2D eigenvalue weighted by Gasteiger charge is -2.40. The van der Waals surface area contributed by atoms with E-state index in [2.05, 4.69) is 44.7 Å². The molecule has 0 spiro atoms. The summed E-state index contributed by atoms with van der Waals surface area (Å²) in [5, 5.41) is 0. The van der Waals surface area contributed by atoms with Gasteiger partial charge in [0, 0.05) is 12.1 Å². The zero-order valence-corrected chi connectivity index (χ0v) is 9.80. The van der Waals surface area contributed by atoms with Crippen molar-refractivity contribution in [1.82, 2.24) is 9.80 Å². The summed E-state index contributed by atoms with van der Waals surface area (Å²) in [7, 11) is 4.46. The number of hydrogen-bond donors (Lipinski definition) is 0. The molecule has 1 heterocycles. The van der Waals surface area contributed by atoms with Crippen molar-refractivity contribution in [3.05, 3.63) is 0 Å². The van der Waals surface area contributed by atoms with Crippen LogP contribution in [-0.2, 0) is 0 Å². The summed E-state index contributed by atoms with van der Waals surface area (Å²) in [6.45, 7) is 10.7. The van der Waals surface area contributed by atoms with Crippen molar-refractivity contribution in [2.75, 3.05) is 33.7 Å². The van der Waals surface area contributed by atoms with Gasteiger partial charge in [-0.05, 0) is 53.4 Å². The van der Waals surface area contributed by atoms with Crippen molar-refractivity contribution in [2.24, 2.45) is 5.92 Å². The van der Waals surface area contributed by atoms with E-state index in [1.54, 1.807) is 0 Å². The molecule has 0 N–H and O–H groups in total. The Hall–Kier alpha value is -0.0800. The highest BCUT2D eigenvalue weighted by Gasteiger charge is 2.36. The molecule has 1 rings (SSSR count). The van der Waals surface area contributed by atoms with Crippen LogP contribution in [0.25, 0.3) is 0 Å². The van der Waals surface area contributed by atoms with Crippen LogP contribution in [0.15, 0.2) is 0 Å². The van der Waals surface area contributed by atoms with Crippen molar-refractivity contribution in [3.8, 4) is 0 Å². The average molecular weight is 184 g/mol. The largest absolute Gasteiger partial charge is 0.306 e. The lowest BCUT2D eigenvalue weighted by atomic mass is 9.85. The maximum Gasteiger partial charge on any atom is 0.0190 e. The molecule has 13 heavy (non-hydrogen) atoms. The first-order valence-electron chi connectivity index (χ1n) is 5.38. The van der Waals surface area contributed by atoms with Gasteiger partial charge >= 0.3 is 0 Å². The molecule has 2 heteroatoms. The number of nitrogens with zero attached hydrogens (tertiary/aromatic N) is 2. The van der Waals surface area contributed by atoms with Gasteiger partial charge in [0.1, 0.15) is 0 Å². The molecule has 1 unspecified atom stereocenters. The molecule has 0 bridgehead atoms. The third-order valence-electron chi connectivity index (χ3n) is 3.85. The second-order valence-electron chi connectivity index (χ2n) is 4.92. The average Bonchev–Trinajstić information content (AvgIpc) is 2.50. The van der Waals surface area contributed by atoms with E-state index in [0.717, 1.165) is 12.5 Å². The maximum absolute atomic E-state index is 2.47. The predicted octanol–water partition coefficient (Wildman–Crippen LogP) is 1.67. The third kappa shape index (κ3) is 2.23. The van der Waals surface area contributed by atoms with Crippen LogP contribution in [0.4, 0.5) is 0 Å². The van der Waals surface area contributed by atoms with Crippen LogP contribution in [0.1, 0.15) is 27.2 Å². The minimum absolute atomic E-state index is 0.361. The smallest absolute Gasteiger partial charge is 0.0190 e. The Labute approximate surface area is 82.9 Å². The van der Waals surface area contributed by atoms with E-state index < -0.39 is 0 Å². The molecule has 0 saturated carbocycles. The predicted molar refractivity (Wildman–Crippen MR) is 58.0 cm³/mol. The topological polar surface area (TPSA) is 6.48 Å². The zero-order valence-electron chi connectivity index (χ0n) is 9.80. The van der Waals surface area contributed by atoms with Gasteiger partial charge in [-0.15, -0.1) is 0 Å². The van der Waals surface area contributed by atoms with Crippen molar-refractivity contribution < 1.29 is 0 Å². The van der Waals surface area contributed by atoms with Gasteiger partial charge in [0.05, 0.1) is 0 Å². The fourth-order valence-electron chi connectivity index (χ4n) is 2.23. The number of hydrogen-bond acceptors (Lipinski definition) is 2. The van der Waals surface area contributed by atoms with Gasteiger partial charge in [-0.3, -0.25) is 0 Å². The Morgan fingerprint density at radius 3 is 2.46 bits per heavy atom. The number of likely N-dealkylation sites (tertiary alicyclic amines) is 1. The van der Waals surface area contributed by atoms with Gasteiger partial charge in [0.25, 0.3) is 0 Å². The van der Waals surface area contributed by atoms with Crippen LogP contribution in [0, 0.1) is 5.92 Å². The Morgan fingerprint density at radius 2 is 2.08 bits per heavy atom. The molecule has 1 saturated heterocycles. The molecular weight excluding hydrogens is 160 g/mol. The molecule has 1 aliphatic rings. The van der Waals surface area contributed by atoms with Gasteiger partial charge in [-0.1, -0.05) is 6.92 Å². The first-order chi connectivity index (χ1) is 5.98. The Bertz CT molecular complexity index is 165. The van der Waals surface area contributed by atoms with Crippen LogP contribution in [-0.4, -0.2) is 49.1 Å². The highest BCUT2D eigenvalue weighted by Crippen LogP contribution is 2.30. The van der Waals surface area contributed by atoms with Gasteiger partial charge < -0.3 is 9.80 Å².